The molecular weight excluding hydrogens is 317 g/mol. The van der Waals surface area contributed by atoms with Crippen LogP contribution in [-0.4, -0.2) is 5.91 Å². The van der Waals surface area contributed by atoms with Crippen molar-refractivity contribution >= 4 is 11.6 Å². The largest absolute Gasteiger partial charge is 0.489 e. The Morgan fingerprint density at radius 1 is 0.920 bits per heavy atom. The third-order valence-electron chi connectivity index (χ3n) is 3.74. The number of aryl methyl sites for hydroxylation is 1. The van der Waals surface area contributed by atoms with Crippen LogP contribution in [0, 0.1) is 12.7 Å². The highest BCUT2D eigenvalue weighted by Crippen LogP contribution is 2.18. The van der Waals surface area contributed by atoms with Gasteiger partial charge in [-0.05, 0) is 61.0 Å². The molecule has 3 rings (SSSR count). The van der Waals surface area contributed by atoms with Gasteiger partial charge in [0.25, 0.3) is 5.91 Å². The van der Waals surface area contributed by atoms with Crippen LogP contribution in [0.3, 0.4) is 0 Å². The molecule has 1 N–H and O–H groups in total. The van der Waals surface area contributed by atoms with Crippen LogP contribution in [0.2, 0.25) is 0 Å². The fourth-order valence-electron chi connectivity index (χ4n) is 2.29. The van der Waals surface area contributed by atoms with Gasteiger partial charge in [-0.2, -0.15) is 0 Å². The van der Waals surface area contributed by atoms with Crippen LogP contribution in [0.4, 0.5) is 10.1 Å². The Hall–Kier alpha value is -3.14. The Labute approximate surface area is 146 Å². The summed E-state index contributed by atoms with van der Waals surface area (Å²) in [6.45, 7) is 2.53. The Morgan fingerprint density at radius 3 is 2.20 bits per heavy atom. The van der Waals surface area contributed by atoms with E-state index in [1.54, 1.807) is 24.3 Å². The zero-order chi connectivity index (χ0) is 17.6. The smallest absolute Gasteiger partial charge is 0.255 e. The van der Waals surface area contributed by atoms with Crippen molar-refractivity contribution < 1.29 is 13.9 Å². The molecule has 0 saturated carbocycles. The minimum absolute atomic E-state index is 0.284. The van der Waals surface area contributed by atoms with Crippen molar-refractivity contribution in [3.05, 3.63) is 95.3 Å². The minimum Gasteiger partial charge on any atom is -0.489 e. The van der Waals surface area contributed by atoms with Crippen molar-refractivity contribution in [3.8, 4) is 5.75 Å². The lowest BCUT2D eigenvalue weighted by atomic mass is 10.2. The van der Waals surface area contributed by atoms with Gasteiger partial charge in [-0.1, -0.05) is 29.8 Å². The highest BCUT2D eigenvalue weighted by Gasteiger charge is 2.06. The zero-order valence-corrected chi connectivity index (χ0v) is 13.8. The number of ether oxygens (including phenoxy) is 1. The number of carbonyl (C=O) groups is 1. The summed E-state index contributed by atoms with van der Waals surface area (Å²) >= 11 is 0. The summed E-state index contributed by atoms with van der Waals surface area (Å²) in [6, 6.07) is 20.7. The second-order valence-corrected chi connectivity index (χ2v) is 5.76. The molecule has 0 aliphatic carbocycles. The van der Waals surface area contributed by atoms with E-state index in [2.05, 4.69) is 5.32 Å². The van der Waals surface area contributed by atoms with Crippen LogP contribution in [0.5, 0.6) is 5.75 Å². The van der Waals surface area contributed by atoms with Crippen LogP contribution in [0.15, 0.2) is 72.8 Å². The van der Waals surface area contributed by atoms with E-state index in [9.17, 15) is 9.18 Å². The standard InChI is InChI=1S/C21H18FNO2/c1-15-2-4-16(5-3-15)14-25-20-12-10-19(11-13-20)23-21(24)17-6-8-18(22)9-7-17/h2-13H,14H2,1H3,(H,23,24). The third-order valence-corrected chi connectivity index (χ3v) is 3.74. The molecule has 0 aliphatic rings. The Morgan fingerprint density at radius 2 is 1.56 bits per heavy atom. The van der Waals surface area contributed by atoms with E-state index in [0.717, 1.165) is 11.3 Å². The first-order valence-electron chi connectivity index (χ1n) is 7.95. The third kappa shape index (κ3) is 4.67. The minimum atomic E-state index is -0.369. The second-order valence-electron chi connectivity index (χ2n) is 5.76. The van der Waals surface area contributed by atoms with Crippen LogP contribution in [-0.2, 0) is 6.61 Å². The van der Waals surface area contributed by atoms with Gasteiger partial charge in [-0.15, -0.1) is 0 Å². The Kier molecular flexibility index (Phi) is 5.09. The molecule has 0 unspecified atom stereocenters. The van der Waals surface area contributed by atoms with Crippen molar-refractivity contribution in [2.24, 2.45) is 0 Å². The van der Waals surface area contributed by atoms with Gasteiger partial charge in [0.15, 0.2) is 0 Å². The molecule has 1 amide bonds. The topological polar surface area (TPSA) is 38.3 Å². The van der Waals surface area contributed by atoms with Crippen molar-refractivity contribution in [2.45, 2.75) is 13.5 Å². The molecule has 3 nitrogen and oxygen atoms in total. The van der Waals surface area contributed by atoms with Crippen LogP contribution >= 0.6 is 0 Å². The first kappa shape index (κ1) is 16.7. The van der Waals surface area contributed by atoms with Gasteiger partial charge in [0.05, 0.1) is 0 Å². The van der Waals surface area contributed by atoms with Crippen molar-refractivity contribution in [1.82, 2.24) is 0 Å². The lowest BCUT2D eigenvalue weighted by Gasteiger charge is -2.09. The fraction of sp³-hybridized carbons (Fsp3) is 0.0952. The van der Waals surface area contributed by atoms with E-state index < -0.39 is 0 Å². The van der Waals surface area contributed by atoms with Crippen LogP contribution in [0.1, 0.15) is 21.5 Å². The number of halogens is 1. The van der Waals surface area contributed by atoms with Gasteiger partial charge in [-0.25, -0.2) is 4.39 Å². The molecule has 4 heteroatoms. The lowest BCUT2D eigenvalue weighted by molar-refractivity contribution is 0.102. The molecule has 126 valence electrons. The van der Waals surface area contributed by atoms with Crippen molar-refractivity contribution in [1.29, 1.82) is 0 Å². The quantitative estimate of drug-likeness (QED) is 0.715. The number of amides is 1. The summed E-state index contributed by atoms with van der Waals surface area (Å²) in [7, 11) is 0. The summed E-state index contributed by atoms with van der Waals surface area (Å²) < 4.78 is 18.6. The van der Waals surface area contributed by atoms with E-state index in [-0.39, 0.29) is 11.7 Å². The molecule has 0 saturated heterocycles. The van der Waals surface area contributed by atoms with Gasteiger partial charge >= 0.3 is 0 Å². The van der Waals surface area contributed by atoms with E-state index in [4.69, 9.17) is 4.74 Å². The van der Waals surface area contributed by atoms with Gasteiger partial charge in [0.1, 0.15) is 18.2 Å². The summed E-state index contributed by atoms with van der Waals surface area (Å²) in [4.78, 5) is 12.1. The maximum absolute atomic E-state index is 12.9. The van der Waals surface area contributed by atoms with E-state index in [0.29, 0.717) is 17.9 Å². The molecule has 0 radical (unpaired) electrons. The molecule has 0 spiro atoms. The monoisotopic (exact) mass is 335 g/mol. The summed E-state index contributed by atoms with van der Waals surface area (Å²) in [5, 5.41) is 2.77. The second kappa shape index (κ2) is 7.62. The molecule has 0 atom stereocenters. The Balaban J connectivity index is 1.57. The first-order chi connectivity index (χ1) is 12.1. The number of nitrogens with one attached hydrogen (secondary N) is 1. The Bertz CT molecular complexity index is 841. The van der Waals surface area contributed by atoms with Crippen LogP contribution < -0.4 is 10.1 Å². The molecule has 3 aromatic carbocycles. The van der Waals surface area contributed by atoms with Crippen LogP contribution in [0.25, 0.3) is 0 Å². The molecule has 25 heavy (non-hydrogen) atoms. The van der Waals surface area contributed by atoms with E-state index in [1.807, 2.05) is 31.2 Å². The van der Waals surface area contributed by atoms with Gasteiger partial charge in [-0.3, -0.25) is 4.79 Å². The predicted octanol–water partition coefficient (Wildman–Crippen LogP) is 4.97. The average molecular weight is 335 g/mol. The summed E-state index contributed by atoms with van der Waals surface area (Å²) in [5.41, 5.74) is 3.36. The number of hydrogen-bond acceptors (Lipinski definition) is 2. The molecule has 0 aliphatic heterocycles. The van der Waals surface area contributed by atoms with Gasteiger partial charge in [0, 0.05) is 11.3 Å². The van der Waals surface area contributed by atoms with Gasteiger partial charge in [0.2, 0.25) is 0 Å². The number of carbonyl (C=O) groups excluding carboxylic acids is 1. The maximum atomic E-state index is 12.9. The van der Waals surface area contributed by atoms with Crippen molar-refractivity contribution in [2.75, 3.05) is 5.32 Å². The predicted molar refractivity (Wildman–Crippen MR) is 96.3 cm³/mol. The van der Waals surface area contributed by atoms with Crippen molar-refractivity contribution in [3.63, 3.8) is 0 Å². The molecular formula is C21H18FNO2. The zero-order valence-electron chi connectivity index (χ0n) is 13.8. The summed E-state index contributed by atoms with van der Waals surface area (Å²) in [6.07, 6.45) is 0. The normalized spacial score (nSPS) is 10.3. The number of anilines is 1. The first-order valence-corrected chi connectivity index (χ1v) is 7.95. The average Bonchev–Trinajstić information content (AvgIpc) is 2.63. The molecule has 0 heterocycles. The highest BCUT2D eigenvalue weighted by atomic mass is 19.1. The molecule has 0 fully saturated rings. The molecule has 3 aromatic rings. The fourth-order valence-corrected chi connectivity index (χ4v) is 2.29. The number of benzene rings is 3. The SMILES string of the molecule is Cc1ccc(COc2ccc(NC(=O)c3ccc(F)cc3)cc2)cc1. The van der Waals surface area contributed by atoms with E-state index >= 15 is 0 Å². The lowest BCUT2D eigenvalue weighted by Crippen LogP contribution is -2.11. The van der Waals surface area contributed by atoms with Gasteiger partial charge < -0.3 is 10.1 Å². The van der Waals surface area contributed by atoms with E-state index in [1.165, 1.54) is 29.8 Å². The number of hydrogen-bond donors (Lipinski definition) is 1. The summed E-state index contributed by atoms with van der Waals surface area (Å²) in [5.74, 6) is 0.0697. The molecule has 0 aromatic heterocycles. The highest BCUT2D eigenvalue weighted by molar-refractivity contribution is 6.04. The molecule has 0 bridgehead atoms. The maximum Gasteiger partial charge on any atom is 0.255 e. The number of rotatable bonds is 5.